The molecule has 6 fully saturated rings. The highest BCUT2D eigenvalue weighted by Crippen LogP contribution is 2.50. The Bertz CT molecular complexity index is 2100. The van der Waals surface area contributed by atoms with Gasteiger partial charge in [-0.05, 0) is 44.9 Å². The molecule has 6 aliphatic heterocycles. The highest BCUT2D eigenvalue weighted by Gasteiger charge is 2.47. The summed E-state index contributed by atoms with van der Waals surface area (Å²) in [5, 5.41) is 101. The molecule has 23 atom stereocenters. The molecule has 8 unspecified atom stereocenters. The molecule has 0 aromatic carbocycles. The summed E-state index contributed by atoms with van der Waals surface area (Å²) in [6.07, 6.45) is -15.4. The first kappa shape index (κ1) is 69.1. The lowest BCUT2D eigenvalue weighted by molar-refractivity contribution is -0.282. The third kappa shape index (κ3) is 18.5. The molecule has 6 aliphatic rings. The van der Waals surface area contributed by atoms with Crippen molar-refractivity contribution in [1.29, 1.82) is 0 Å². The largest absolute Gasteiger partial charge is 0.472 e. The number of likely N-dealkylation sites (tertiary alicyclic amines) is 3. The van der Waals surface area contributed by atoms with E-state index in [1.165, 1.54) is 9.80 Å². The highest BCUT2D eigenvalue weighted by molar-refractivity contribution is 7.47. The van der Waals surface area contributed by atoms with Gasteiger partial charge in [-0.1, -0.05) is 34.1 Å². The van der Waals surface area contributed by atoms with Crippen molar-refractivity contribution in [3.63, 3.8) is 0 Å². The van der Waals surface area contributed by atoms with Gasteiger partial charge in [-0.15, -0.1) is 0 Å². The van der Waals surface area contributed by atoms with Crippen LogP contribution < -0.4 is 0 Å². The second-order valence-corrected chi connectivity index (χ2v) is 25.2. The molecular formula is C50H89N3O27P2. The maximum absolute atomic E-state index is 13.9. The predicted molar refractivity (Wildman–Crippen MR) is 279 cm³/mol. The van der Waals surface area contributed by atoms with Crippen molar-refractivity contribution in [1.82, 2.24) is 14.7 Å². The molecule has 82 heavy (non-hydrogen) atoms. The number of aliphatic hydroxyl groups is 10. The monoisotopic (exact) mass is 1230 g/mol. The molecule has 0 radical (unpaired) electrons. The Labute approximate surface area is 476 Å². The molecule has 0 bridgehead atoms. The quantitative estimate of drug-likeness (QED) is 0.0263. The van der Waals surface area contributed by atoms with Crippen molar-refractivity contribution in [2.75, 3.05) is 72.5 Å². The summed E-state index contributed by atoms with van der Waals surface area (Å²) in [4.78, 5) is 67.0. The van der Waals surface area contributed by atoms with Crippen LogP contribution in [0.2, 0.25) is 0 Å². The number of phosphoric acid groups is 2. The van der Waals surface area contributed by atoms with Crippen LogP contribution in [0.15, 0.2) is 0 Å². The second-order valence-electron chi connectivity index (χ2n) is 22.4. The maximum atomic E-state index is 13.9. The molecule has 3 amide bonds. The first-order valence-corrected chi connectivity index (χ1v) is 31.4. The fourth-order valence-corrected chi connectivity index (χ4v) is 13.3. The number of nitrogens with zero attached hydrogens (tertiary/aromatic N) is 3. The average Bonchev–Trinajstić information content (AvgIpc) is 4.26. The summed E-state index contributed by atoms with van der Waals surface area (Å²) < 4.78 is 83.3. The van der Waals surface area contributed by atoms with Crippen LogP contribution in [0.4, 0.5) is 0 Å². The number of β-amino-alcohol motifs (C(OH)–C–C–N with tert-alkyl or cyclic N) is 1. The molecule has 6 heterocycles. The van der Waals surface area contributed by atoms with Crippen molar-refractivity contribution in [2.45, 2.75) is 209 Å². The van der Waals surface area contributed by atoms with E-state index < -0.39 is 182 Å². The van der Waals surface area contributed by atoms with Crippen molar-refractivity contribution in [3.05, 3.63) is 0 Å². The molecular weight excluding hydrogens is 1140 g/mol. The van der Waals surface area contributed by atoms with Crippen LogP contribution in [-0.2, 0) is 70.0 Å². The van der Waals surface area contributed by atoms with Crippen molar-refractivity contribution in [3.8, 4) is 0 Å². The predicted octanol–water partition coefficient (Wildman–Crippen LogP) is -2.43. The van der Waals surface area contributed by atoms with E-state index in [1.54, 1.807) is 25.7 Å². The van der Waals surface area contributed by atoms with Gasteiger partial charge in [0.05, 0.1) is 102 Å². The van der Waals surface area contributed by atoms with E-state index >= 15 is 0 Å². The Kier molecular flexibility index (Phi) is 26.8. The fraction of sp³-hybridized carbons (Fsp3) is 0.940. The summed E-state index contributed by atoms with van der Waals surface area (Å²) in [5.74, 6) is -3.21. The second kappa shape index (κ2) is 31.8. The van der Waals surface area contributed by atoms with E-state index in [1.807, 2.05) is 6.92 Å². The van der Waals surface area contributed by atoms with Crippen LogP contribution in [0.1, 0.15) is 98.3 Å². The van der Waals surface area contributed by atoms with E-state index in [0.717, 1.165) is 0 Å². The van der Waals surface area contributed by atoms with E-state index in [9.17, 15) is 84.4 Å². The van der Waals surface area contributed by atoms with Crippen molar-refractivity contribution < 1.29 is 131 Å². The Morgan fingerprint density at radius 1 is 0.500 bits per heavy atom. The number of hydrogen-bond acceptors (Lipinski definition) is 25. The minimum atomic E-state index is -4.99. The normalized spacial score (nSPS) is 38.7. The smallest absolute Gasteiger partial charge is 0.394 e. The van der Waals surface area contributed by atoms with Gasteiger partial charge < -0.3 is 104 Å². The van der Waals surface area contributed by atoms with Gasteiger partial charge in [0.1, 0.15) is 36.6 Å². The van der Waals surface area contributed by atoms with Gasteiger partial charge in [-0.3, -0.25) is 32.5 Å². The molecule has 0 spiro atoms. The molecule has 6 saturated heterocycles. The number of hydrogen-bond donors (Lipinski definition) is 12. The van der Waals surface area contributed by atoms with Gasteiger partial charge in [-0.25, -0.2) is 9.13 Å². The zero-order valence-corrected chi connectivity index (χ0v) is 48.7. The molecule has 30 nitrogen and oxygen atoms in total. The van der Waals surface area contributed by atoms with Crippen LogP contribution in [0.25, 0.3) is 0 Å². The maximum Gasteiger partial charge on any atom is 0.472 e. The summed E-state index contributed by atoms with van der Waals surface area (Å²) in [6, 6.07) is -2.23. The number of carbonyl (C=O) groups excluding carboxylic acids is 3. The fourth-order valence-electron chi connectivity index (χ4n) is 11.4. The van der Waals surface area contributed by atoms with Gasteiger partial charge in [0.2, 0.25) is 17.7 Å². The average molecular weight is 1230 g/mol. The van der Waals surface area contributed by atoms with Crippen molar-refractivity contribution >= 4 is 33.4 Å². The van der Waals surface area contributed by atoms with Crippen LogP contribution in [0.3, 0.4) is 0 Å². The molecule has 12 N–H and O–H groups in total. The van der Waals surface area contributed by atoms with Crippen LogP contribution >= 0.6 is 15.6 Å². The summed E-state index contributed by atoms with van der Waals surface area (Å²) in [5.41, 5.74) is 0. The molecule has 0 saturated carbocycles. The molecule has 0 aliphatic carbocycles. The van der Waals surface area contributed by atoms with Crippen LogP contribution in [0, 0.1) is 17.8 Å². The number of rotatable bonds is 30. The molecule has 476 valence electrons. The molecule has 6 rings (SSSR count). The Morgan fingerprint density at radius 2 is 0.829 bits per heavy atom. The van der Waals surface area contributed by atoms with Gasteiger partial charge in [0, 0.05) is 62.7 Å². The zero-order valence-electron chi connectivity index (χ0n) is 46.9. The van der Waals surface area contributed by atoms with E-state index in [2.05, 4.69) is 0 Å². The summed E-state index contributed by atoms with van der Waals surface area (Å²) in [6.45, 7) is 3.40. The Balaban J connectivity index is 1.02. The van der Waals surface area contributed by atoms with Gasteiger partial charge >= 0.3 is 15.6 Å². The lowest BCUT2D eigenvalue weighted by Gasteiger charge is -2.40. The molecule has 0 aromatic rings. The molecule has 32 heteroatoms. The number of amides is 3. The van der Waals surface area contributed by atoms with E-state index in [0.29, 0.717) is 12.8 Å². The van der Waals surface area contributed by atoms with Gasteiger partial charge in [0.25, 0.3) is 0 Å². The number of phosphoric ester groups is 2. The zero-order chi connectivity index (χ0) is 60.2. The molecule has 0 aromatic heterocycles. The first-order chi connectivity index (χ1) is 38.8. The van der Waals surface area contributed by atoms with Crippen LogP contribution in [0.5, 0.6) is 0 Å². The van der Waals surface area contributed by atoms with E-state index in [-0.39, 0.29) is 109 Å². The first-order valence-electron chi connectivity index (χ1n) is 28.4. The van der Waals surface area contributed by atoms with E-state index in [4.69, 9.17) is 46.5 Å². The Morgan fingerprint density at radius 3 is 1.18 bits per heavy atom. The standard InChI is InChI=1S/C50H89N3O27P2/c1-5-9-30-17-34(20-52(30)40(59)11-7-14-72-49-28(3)43(62)46(65)37(23-55)77-49)79-82(69,70)75-26-32-18-35(21-53(32)41(60)12-8-15-73-50-29(4)44(63)47(66)38(24-56)78-50)80-81(67,68)74-25-31-16-33(57)19-51(31)39(58)10-6-13-71-48-27(2)42(61)45(64)36(22-54)76-48/h27-38,42-50,54-57,61-66H,5-26H2,1-4H3,(H,67,68)(H,69,70)/t27?,28?,29?,30-,31+,32+,33-,34-,35-,36?,37?,38?,42-,43-,44-,45+,46+,47+,48-,49-,50-/m1/s1. The number of carbonyl (C=O) groups is 3. The lowest BCUT2D eigenvalue weighted by Crippen LogP contribution is -2.55. The minimum absolute atomic E-state index is 0.000920. The Hall–Kier alpha value is -2.01. The number of aliphatic hydroxyl groups excluding tert-OH is 10. The highest BCUT2D eigenvalue weighted by atomic mass is 31.2. The van der Waals surface area contributed by atoms with Crippen molar-refractivity contribution in [2.24, 2.45) is 17.8 Å². The van der Waals surface area contributed by atoms with Gasteiger partial charge in [0.15, 0.2) is 18.9 Å². The van der Waals surface area contributed by atoms with Gasteiger partial charge in [-0.2, -0.15) is 0 Å². The third-order valence-electron chi connectivity index (χ3n) is 16.2. The van der Waals surface area contributed by atoms with Crippen LogP contribution in [-0.4, -0.2) is 276 Å². The summed E-state index contributed by atoms with van der Waals surface area (Å²) in [7, 11) is -9.92. The third-order valence-corrected chi connectivity index (χ3v) is 18.2. The lowest BCUT2D eigenvalue weighted by atomic mass is 9.92. The minimum Gasteiger partial charge on any atom is -0.394 e. The summed E-state index contributed by atoms with van der Waals surface area (Å²) >= 11 is 0. The SMILES string of the molecule is CCC[C@@H]1C[C@@H](OP(=O)(O)OC[C@@H]2C[C@@H](OP(=O)(O)OC[C@@H]3C[C@@H](O)CN3C(=O)CCCO[C@@H]3OC(CO)[C@H](O)[C@H](O)C3C)CN2C(=O)CCCO[C@@H]2OC(CO)[C@H](O)[C@H](O)C2C)CN1C(=O)CCCO[C@@H]1OC(CO)[C@H](O)[C@H](O)C1C. The number of ether oxygens (including phenoxy) is 6. The topological polar surface area (TPSA) is 430 Å².